The molecule has 0 fully saturated rings. The SMILES string of the molecule is COc1ccc2c(C(=O)c3ccccc3)ccc(O)c2c1. The molecule has 0 heterocycles. The second kappa shape index (κ2) is 5.29. The van der Waals surface area contributed by atoms with Crippen LogP contribution in [-0.4, -0.2) is 18.0 Å². The van der Waals surface area contributed by atoms with Crippen molar-refractivity contribution >= 4 is 16.6 Å². The third-order valence-electron chi connectivity index (χ3n) is 3.48. The van der Waals surface area contributed by atoms with Crippen LogP contribution in [0.25, 0.3) is 10.8 Å². The van der Waals surface area contributed by atoms with Gasteiger partial charge in [0.2, 0.25) is 0 Å². The summed E-state index contributed by atoms with van der Waals surface area (Å²) in [4.78, 5) is 12.6. The number of fused-ring (bicyclic) bond motifs is 1. The normalized spacial score (nSPS) is 10.5. The second-order valence-electron chi connectivity index (χ2n) is 4.74. The van der Waals surface area contributed by atoms with Gasteiger partial charge >= 0.3 is 0 Å². The van der Waals surface area contributed by atoms with Crippen LogP contribution in [0, 0.1) is 0 Å². The summed E-state index contributed by atoms with van der Waals surface area (Å²) in [5.41, 5.74) is 1.19. The first kappa shape index (κ1) is 13.2. The second-order valence-corrected chi connectivity index (χ2v) is 4.74. The number of aromatic hydroxyl groups is 1. The molecule has 3 heteroatoms. The average Bonchev–Trinajstić information content (AvgIpc) is 2.55. The van der Waals surface area contributed by atoms with E-state index in [9.17, 15) is 9.90 Å². The zero-order valence-electron chi connectivity index (χ0n) is 11.5. The molecule has 21 heavy (non-hydrogen) atoms. The average molecular weight is 278 g/mol. The molecule has 3 aromatic rings. The molecule has 3 aromatic carbocycles. The fourth-order valence-electron chi connectivity index (χ4n) is 2.38. The van der Waals surface area contributed by atoms with Crippen LogP contribution < -0.4 is 4.74 Å². The number of carbonyl (C=O) groups excluding carboxylic acids is 1. The molecule has 0 aromatic heterocycles. The summed E-state index contributed by atoms with van der Waals surface area (Å²) in [6.07, 6.45) is 0. The Morgan fingerprint density at radius 3 is 2.43 bits per heavy atom. The van der Waals surface area contributed by atoms with E-state index in [0.29, 0.717) is 27.6 Å². The van der Waals surface area contributed by atoms with Gasteiger partial charge in [-0.25, -0.2) is 0 Å². The molecule has 0 spiro atoms. The van der Waals surface area contributed by atoms with E-state index in [-0.39, 0.29) is 11.5 Å². The summed E-state index contributed by atoms with van der Waals surface area (Å²) in [5, 5.41) is 11.3. The maximum absolute atomic E-state index is 12.6. The van der Waals surface area contributed by atoms with Gasteiger partial charge in [-0.05, 0) is 35.7 Å². The maximum atomic E-state index is 12.6. The quantitative estimate of drug-likeness (QED) is 0.741. The van der Waals surface area contributed by atoms with Gasteiger partial charge in [0.05, 0.1) is 7.11 Å². The number of hydrogen-bond donors (Lipinski definition) is 1. The van der Waals surface area contributed by atoms with Crippen LogP contribution in [0.5, 0.6) is 11.5 Å². The Bertz CT molecular complexity index is 807. The Balaban J connectivity index is 2.20. The van der Waals surface area contributed by atoms with E-state index in [1.54, 1.807) is 43.5 Å². The number of methoxy groups -OCH3 is 1. The molecular weight excluding hydrogens is 264 g/mol. The first-order chi connectivity index (χ1) is 10.2. The molecule has 0 aliphatic heterocycles. The van der Waals surface area contributed by atoms with Crippen molar-refractivity contribution in [1.82, 2.24) is 0 Å². The van der Waals surface area contributed by atoms with Crippen molar-refractivity contribution in [3.05, 3.63) is 71.8 Å². The lowest BCUT2D eigenvalue weighted by Gasteiger charge is -2.09. The van der Waals surface area contributed by atoms with E-state index in [0.717, 1.165) is 0 Å². The highest BCUT2D eigenvalue weighted by Crippen LogP contribution is 2.31. The summed E-state index contributed by atoms with van der Waals surface area (Å²) in [6, 6.07) is 17.6. The number of ketones is 1. The molecule has 1 N–H and O–H groups in total. The molecular formula is C18H14O3. The summed E-state index contributed by atoms with van der Waals surface area (Å²) < 4.78 is 5.17. The largest absolute Gasteiger partial charge is 0.507 e. The van der Waals surface area contributed by atoms with Crippen LogP contribution in [0.1, 0.15) is 15.9 Å². The molecule has 104 valence electrons. The molecule has 0 unspecified atom stereocenters. The number of hydrogen-bond acceptors (Lipinski definition) is 3. The fourth-order valence-corrected chi connectivity index (χ4v) is 2.38. The van der Waals surface area contributed by atoms with Gasteiger partial charge in [0.1, 0.15) is 11.5 Å². The predicted octanol–water partition coefficient (Wildman–Crippen LogP) is 3.79. The highest BCUT2D eigenvalue weighted by atomic mass is 16.5. The molecule has 3 rings (SSSR count). The van der Waals surface area contributed by atoms with Crippen LogP contribution >= 0.6 is 0 Å². The summed E-state index contributed by atoms with van der Waals surface area (Å²) >= 11 is 0. The zero-order valence-corrected chi connectivity index (χ0v) is 11.5. The van der Waals surface area contributed by atoms with Crippen molar-refractivity contribution in [2.75, 3.05) is 7.11 Å². The highest BCUT2D eigenvalue weighted by molar-refractivity contribution is 6.17. The Morgan fingerprint density at radius 1 is 0.952 bits per heavy atom. The molecule has 0 radical (unpaired) electrons. The summed E-state index contributed by atoms with van der Waals surface area (Å²) in [5.74, 6) is 0.710. The number of ether oxygens (including phenoxy) is 1. The van der Waals surface area contributed by atoms with Crippen LogP contribution in [0.4, 0.5) is 0 Å². The van der Waals surface area contributed by atoms with Crippen LogP contribution in [0.15, 0.2) is 60.7 Å². The van der Waals surface area contributed by atoms with E-state index >= 15 is 0 Å². The van der Waals surface area contributed by atoms with Gasteiger partial charge in [0, 0.05) is 16.5 Å². The van der Waals surface area contributed by atoms with E-state index < -0.39 is 0 Å². The molecule has 0 aliphatic carbocycles. The van der Waals surface area contributed by atoms with Crippen LogP contribution in [-0.2, 0) is 0 Å². The van der Waals surface area contributed by atoms with Crippen LogP contribution in [0.2, 0.25) is 0 Å². The van der Waals surface area contributed by atoms with Crippen molar-refractivity contribution in [3.8, 4) is 11.5 Å². The van der Waals surface area contributed by atoms with Crippen molar-refractivity contribution in [2.45, 2.75) is 0 Å². The van der Waals surface area contributed by atoms with Gasteiger partial charge in [-0.3, -0.25) is 4.79 Å². The third kappa shape index (κ3) is 2.34. The van der Waals surface area contributed by atoms with Crippen molar-refractivity contribution in [3.63, 3.8) is 0 Å². The number of rotatable bonds is 3. The summed E-state index contributed by atoms with van der Waals surface area (Å²) in [7, 11) is 1.57. The summed E-state index contributed by atoms with van der Waals surface area (Å²) in [6.45, 7) is 0. The maximum Gasteiger partial charge on any atom is 0.193 e. The van der Waals surface area contributed by atoms with Crippen molar-refractivity contribution in [2.24, 2.45) is 0 Å². The molecule has 0 saturated heterocycles. The minimum atomic E-state index is -0.0641. The third-order valence-corrected chi connectivity index (χ3v) is 3.48. The lowest BCUT2D eigenvalue weighted by Crippen LogP contribution is -2.02. The monoisotopic (exact) mass is 278 g/mol. The lowest BCUT2D eigenvalue weighted by molar-refractivity contribution is 0.104. The molecule has 0 atom stereocenters. The first-order valence-corrected chi connectivity index (χ1v) is 6.60. The molecule has 0 aliphatic rings. The zero-order chi connectivity index (χ0) is 14.8. The van der Waals surface area contributed by atoms with Gasteiger partial charge in [-0.2, -0.15) is 0 Å². The number of phenolic OH excluding ortho intramolecular Hbond substituents is 1. The Morgan fingerprint density at radius 2 is 1.71 bits per heavy atom. The van der Waals surface area contributed by atoms with Gasteiger partial charge in [0.15, 0.2) is 5.78 Å². The highest BCUT2D eigenvalue weighted by Gasteiger charge is 2.14. The minimum absolute atomic E-state index is 0.0641. The molecule has 0 amide bonds. The number of phenols is 1. The Labute approximate surface area is 122 Å². The van der Waals surface area contributed by atoms with E-state index in [4.69, 9.17) is 4.74 Å². The van der Waals surface area contributed by atoms with E-state index in [1.807, 2.05) is 18.2 Å². The Kier molecular flexibility index (Phi) is 3.32. The van der Waals surface area contributed by atoms with Gasteiger partial charge in [-0.1, -0.05) is 30.3 Å². The van der Waals surface area contributed by atoms with Gasteiger partial charge in [0.25, 0.3) is 0 Å². The van der Waals surface area contributed by atoms with Gasteiger partial charge < -0.3 is 9.84 Å². The van der Waals surface area contributed by atoms with Gasteiger partial charge in [-0.15, -0.1) is 0 Å². The van der Waals surface area contributed by atoms with E-state index in [1.165, 1.54) is 6.07 Å². The molecule has 0 bridgehead atoms. The molecule has 3 nitrogen and oxygen atoms in total. The standard InChI is InChI=1S/C18H14O3/c1-21-13-7-8-14-15(9-10-17(19)16(14)11-13)18(20)12-5-3-2-4-6-12/h2-11,19H,1H3. The fraction of sp³-hybridized carbons (Fsp3) is 0.0556. The van der Waals surface area contributed by atoms with Crippen molar-refractivity contribution in [1.29, 1.82) is 0 Å². The van der Waals surface area contributed by atoms with Crippen molar-refractivity contribution < 1.29 is 14.6 Å². The first-order valence-electron chi connectivity index (χ1n) is 6.60. The number of benzene rings is 3. The smallest absolute Gasteiger partial charge is 0.193 e. The Hall–Kier alpha value is -2.81. The number of carbonyl (C=O) groups is 1. The van der Waals surface area contributed by atoms with Crippen LogP contribution in [0.3, 0.4) is 0 Å². The van der Waals surface area contributed by atoms with E-state index in [2.05, 4.69) is 0 Å². The topological polar surface area (TPSA) is 46.5 Å². The lowest BCUT2D eigenvalue weighted by atomic mass is 9.96. The molecule has 0 saturated carbocycles. The minimum Gasteiger partial charge on any atom is -0.507 e. The predicted molar refractivity (Wildman–Crippen MR) is 82.0 cm³/mol.